The molecule has 1 aliphatic rings. The zero-order chi connectivity index (χ0) is 18.0. The SMILES string of the molecule is CC(=O)Oc1c(Br)cc(/C=C2/N=C(c3ccccc3)OC2=O)cc1Br. The molecule has 0 amide bonds. The summed E-state index contributed by atoms with van der Waals surface area (Å²) in [6.07, 6.45) is 1.60. The fraction of sp³-hybridized carbons (Fsp3) is 0.0556. The van der Waals surface area contributed by atoms with Crippen LogP contribution in [-0.4, -0.2) is 17.8 Å². The summed E-state index contributed by atoms with van der Waals surface area (Å²) >= 11 is 6.70. The van der Waals surface area contributed by atoms with Crippen molar-refractivity contribution in [1.82, 2.24) is 0 Å². The van der Waals surface area contributed by atoms with Gasteiger partial charge in [-0.15, -0.1) is 0 Å². The number of cyclic esters (lactones) is 1. The Morgan fingerprint density at radius 3 is 2.40 bits per heavy atom. The van der Waals surface area contributed by atoms with Crippen molar-refractivity contribution >= 4 is 55.8 Å². The Bertz CT molecular complexity index is 897. The number of hydrogen-bond acceptors (Lipinski definition) is 5. The van der Waals surface area contributed by atoms with Gasteiger partial charge in [-0.3, -0.25) is 4.79 Å². The number of rotatable bonds is 3. The number of halogens is 2. The molecule has 2 aromatic rings. The lowest BCUT2D eigenvalue weighted by atomic mass is 10.2. The smallest absolute Gasteiger partial charge is 0.363 e. The van der Waals surface area contributed by atoms with Crippen LogP contribution in [0.5, 0.6) is 5.75 Å². The fourth-order valence-electron chi connectivity index (χ4n) is 2.18. The highest BCUT2D eigenvalue weighted by Gasteiger charge is 2.24. The van der Waals surface area contributed by atoms with E-state index >= 15 is 0 Å². The summed E-state index contributed by atoms with van der Waals surface area (Å²) in [6.45, 7) is 1.32. The molecular formula is C18H11Br2NO4. The van der Waals surface area contributed by atoms with Crippen molar-refractivity contribution < 1.29 is 19.1 Å². The molecule has 0 unspecified atom stereocenters. The molecule has 2 aromatic carbocycles. The second-order valence-corrected chi connectivity index (χ2v) is 6.82. The highest BCUT2D eigenvalue weighted by Crippen LogP contribution is 2.35. The van der Waals surface area contributed by atoms with E-state index in [0.29, 0.717) is 20.3 Å². The molecule has 3 rings (SSSR count). The number of aliphatic imine (C=N–C) groups is 1. The molecule has 0 aliphatic carbocycles. The van der Waals surface area contributed by atoms with Crippen molar-refractivity contribution in [3.63, 3.8) is 0 Å². The van der Waals surface area contributed by atoms with E-state index < -0.39 is 11.9 Å². The van der Waals surface area contributed by atoms with Crippen molar-refractivity contribution in [2.75, 3.05) is 0 Å². The van der Waals surface area contributed by atoms with Gasteiger partial charge in [-0.05, 0) is 67.8 Å². The minimum atomic E-state index is -0.518. The van der Waals surface area contributed by atoms with Crippen LogP contribution < -0.4 is 4.74 Å². The molecule has 0 saturated heterocycles. The van der Waals surface area contributed by atoms with Gasteiger partial charge in [0.25, 0.3) is 0 Å². The molecule has 1 heterocycles. The highest BCUT2D eigenvalue weighted by molar-refractivity contribution is 9.11. The molecule has 25 heavy (non-hydrogen) atoms. The predicted molar refractivity (Wildman–Crippen MR) is 100 cm³/mol. The minimum absolute atomic E-state index is 0.192. The normalized spacial score (nSPS) is 15.1. The number of carbonyl (C=O) groups is 2. The van der Waals surface area contributed by atoms with Crippen LogP contribution in [0.1, 0.15) is 18.1 Å². The van der Waals surface area contributed by atoms with Crippen molar-refractivity contribution in [3.05, 3.63) is 68.2 Å². The van der Waals surface area contributed by atoms with Gasteiger partial charge in [-0.25, -0.2) is 9.79 Å². The largest absolute Gasteiger partial charge is 0.424 e. The van der Waals surface area contributed by atoms with Gasteiger partial charge in [0.05, 0.1) is 8.95 Å². The van der Waals surface area contributed by atoms with Crippen LogP contribution in [0.3, 0.4) is 0 Å². The number of nitrogens with zero attached hydrogens (tertiary/aromatic N) is 1. The highest BCUT2D eigenvalue weighted by atomic mass is 79.9. The lowest BCUT2D eigenvalue weighted by Crippen LogP contribution is -2.05. The van der Waals surface area contributed by atoms with E-state index in [4.69, 9.17) is 9.47 Å². The van der Waals surface area contributed by atoms with Crippen LogP contribution in [0.25, 0.3) is 6.08 Å². The first-order valence-electron chi connectivity index (χ1n) is 7.19. The molecule has 0 N–H and O–H groups in total. The van der Waals surface area contributed by atoms with Gasteiger partial charge < -0.3 is 9.47 Å². The lowest BCUT2D eigenvalue weighted by molar-refractivity contribution is -0.132. The average Bonchev–Trinajstić information content (AvgIpc) is 2.92. The second-order valence-electron chi connectivity index (χ2n) is 5.11. The van der Waals surface area contributed by atoms with Crippen LogP contribution in [0.2, 0.25) is 0 Å². The molecule has 0 radical (unpaired) electrons. The van der Waals surface area contributed by atoms with E-state index in [9.17, 15) is 9.59 Å². The van der Waals surface area contributed by atoms with Gasteiger partial charge in [0.15, 0.2) is 11.4 Å². The Labute approximate surface area is 160 Å². The Hall–Kier alpha value is -2.25. The first kappa shape index (κ1) is 17.6. The fourth-order valence-corrected chi connectivity index (χ4v) is 3.56. The lowest BCUT2D eigenvalue weighted by Gasteiger charge is -2.08. The zero-order valence-corrected chi connectivity index (χ0v) is 16.1. The topological polar surface area (TPSA) is 65.0 Å². The molecule has 1 aliphatic heterocycles. The molecule has 0 aromatic heterocycles. The van der Waals surface area contributed by atoms with E-state index in [-0.39, 0.29) is 11.6 Å². The molecule has 0 saturated carbocycles. The molecule has 0 spiro atoms. The van der Waals surface area contributed by atoms with E-state index in [1.54, 1.807) is 18.2 Å². The summed E-state index contributed by atoms with van der Waals surface area (Å²) in [7, 11) is 0. The van der Waals surface area contributed by atoms with Gasteiger partial charge >= 0.3 is 11.9 Å². The Kier molecular flexibility index (Phi) is 5.15. The third kappa shape index (κ3) is 4.05. The third-order valence-electron chi connectivity index (χ3n) is 3.21. The number of hydrogen-bond donors (Lipinski definition) is 0. The molecule has 0 bridgehead atoms. The maximum atomic E-state index is 12.0. The first-order valence-corrected chi connectivity index (χ1v) is 8.78. The molecule has 7 heteroatoms. The van der Waals surface area contributed by atoms with Gasteiger partial charge in [-0.2, -0.15) is 0 Å². The van der Waals surface area contributed by atoms with Crippen LogP contribution >= 0.6 is 31.9 Å². The summed E-state index contributed by atoms with van der Waals surface area (Å²) in [5, 5.41) is 0. The van der Waals surface area contributed by atoms with Gasteiger partial charge in [-0.1, -0.05) is 18.2 Å². The second kappa shape index (κ2) is 7.33. The first-order chi connectivity index (χ1) is 11.9. The van der Waals surface area contributed by atoms with Gasteiger partial charge in [0, 0.05) is 12.5 Å². The zero-order valence-electron chi connectivity index (χ0n) is 13.0. The Balaban J connectivity index is 1.94. The number of esters is 2. The maximum absolute atomic E-state index is 12.0. The Morgan fingerprint density at radius 1 is 1.16 bits per heavy atom. The quantitative estimate of drug-likeness (QED) is 0.381. The molecule has 0 atom stereocenters. The van der Waals surface area contributed by atoms with Crippen LogP contribution in [0.4, 0.5) is 0 Å². The minimum Gasteiger partial charge on any atom is -0.424 e. The van der Waals surface area contributed by atoms with Gasteiger partial charge in [0.2, 0.25) is 5.90 Å². The van der Waals surface area contributed by atoms with Crippen LogP contribution in [-0.2, 0) is 14.3 Å². The van der Waals surface area contributed by atoms with E-state index in [0.717, 1.165) is 5.56 Å². The van der Waals surface area contributed by atoms with E-state index in [1.807, 2.05) is 30.3 Å². The summed E-state index contributed by atoms with van der Waals surface area (Å²) in [5.41, 5.74) is 1.62. The summed E-state index contributed by atoms with van der Waals surface area (Å²) in [4.78, 5) is 27.4. The third-order valence-corrected chi connectivity index (χ3v) is 4.39. The molecule has 5 nitrogen and oxygen atoms in total. The average molecular weight is 465 g/mol. The van der Waals surface area contributed by atoms with Crippen LogP contribution in [0, 0.1) is 0 Å². The summed E-state index contributed by atoms with van der Waals surface area (Å²) in [5.74, 6) is -0.303. The van der Waals surface area contributed by atoms with E-state index in [2.05, 4.69) is 36.9 Å². The van der Waals surface area contributed by atoms with Crippen molar-refractivity contribution in [3.8, 4) is 5.75 Å². The van der Waals surface area contributed by atoms with Crippen molar-refractivity contribution in [2.45, 2.75) is 6.92 Å². The number of carbonyl (C=O) groups excluding carboxylic acids is 2. The monoisotopic (exact) mass is 463 g/mol. The maximum Gasteiger partial charge on any atom is 0.363 e. The number of benzene rings is 2. The van der Waals surface area contributed by atoms with Crippen molar-refractivity contribution in [1.29, 1.82) is 0 Å². The molecule has 0 fully saturated rings. The van der Waals surface area contributed by atoms with E-state index in [1.165, 1.54) is 6.92 Å². The summed E-state index contributed by atoms with van der Waals surface area (Å²) in [6, 6.07) is 12.6. The standard InChI is InChI=1S/C18H11Br2NO4/c1-10(22)24-16-13(19)7-11(8-14(16)20)9-15-18(23)25-17(21-15)12-5-3-2-4-6-12/h2-9H,1H3/b15-9+. The number of ether oxygens (including phenoxy) is 2. The van der Waals surface area contributed by atoms with Gasteiger partial charge in [0.1, 0.15) is 0 Å². The summed E-state index contributed by atoms with van der Waals surface area (Å²) < 4.78 is 11.5. The Morgan fingerprint density at radius 2 is 1.80 bits per heavy atom. The van der Waals surface area contributed by atoms with Crippen LogP contribution in [0.15, 0.2) is 62.1 Å². The molecule has 126 valence electrons. The van der Waals surface area contributed by atoms with Crippen molar-refractivity contribution in [2.24, 2.45) is 4.99 Å². The molecular weight excluding hydrogens is 454 g/mol. The predicted octanol–water partition coefficient (Wildman–Crippen LogP) is 4.48.